The van der Waals surface area contributed by atoms with Gasteiger partial charge in [-0.15, -0.1) is 0 Å². The first-order valence-electron chi connectivity index (χ1n) is 4.29. The molecule has 74 valence electrons. The molecule has 14 heavy (non-hydrogen) atoms. The van der Waals surface area contributed by atoms with Crippen LogP contribution in [0.25, 0.3) is 0 Å². The summed E-state index contributed by atoms with van der Waals surface area (Å²) in [6.07, 6.45) is 17.4. The lowest BCUT2D eigenvalue weighted by Crippen LogP contribution is -1.84. The zero-order chi connectivity index (χ0) is 10.6. The van der Waals surface area contributed by atoms with Crippen molar-refractivity contribution in [1.29, 1.82) is 0 Å². The molecule has 0 spiro atoms. The molecule has 0 aromatic carbocycles. The average molecular weight is 190 g/mol. The fraction of sp³-hybridized carbons (Fsp3) is 0.0833. The lowest BCUT2D eigenvalue weighted by atomic mass is 10.3. The van der Waals surface area contributed by atoms with Gasteiger partial charge in [-0.25, -0.2) is 4.79 Å². The van der Waals surface area contributed by atoms with E-state index in [1.54, 1.807) is 12.2 Å². The molecule has 0 aromatic heterocycles. The molecule has 0 atom stereocenters. The van der Waals surface area contributed by atoms with E-state index in [1.165, 1.54) is 6.08 Å². The summed E-state index contributed by atoms with van der Waals surface area (Å²) in [5.41, 5.74) is 0. The Kier molecular flexibility index (Phi) is 8.05. The number of carboxylic acids is 1. The molecule has 2 nitrogen and oxygen atoms in total. The zero-order valence-corrected chi connectivity index (χ0v) is 8.13. The predicted octanol–water partition coefficient (Wildman–Crippen LogP) is 2.87. The first-order valence-corrected chi connectivity index (χ1v) is 4.29. The maximum atomic E-state index is 10.0. The van der Waals surface area contributed by atoms with Crippen molar-refractivity contribution in [2.75, 3.05) is 0 Å². The maximum absolute atomic E-state index is 10.0. The third-order valence-corrected chi connectivity index (χ3v) is 1.21. The summed E-state index contributed by atoms with van der Waals surface area (Å²) < 4.78 is 0. The zero-order valence-electron chi connectivity index (χ0n) is 8.13. The minimum atomic E-state index is -0.938. The van der Waals surface area contributed by atoms with Crippen LogP contribution in [0.5, 0.6) is 0 Å². The Bertz CT molecular complexity index is 291. The fourth-order valence-corrected chi connectivity index (χ4v) is 0.634. The van der Waals surface area contributed by atoms with Crippen molar-refractivity contribution in [3.63, 3.8) is 0 Å². The van der Waals surface area contributed by atoms with E-state index >= 15 is 0 Å². The number of carbonyl (C=O) groups is 1. The van der Waals surface area contributed by atoms with E-state index in [4.69, 9.17) is 5.11 Å². The SMILES string of the molecule is CC=CC=CC=CC=CC=CC(=O)O. The highest BCUT2D eigenvalue weighted by molar-refractivity contribution is 5.80. The predicted molar refractivity (Wildman–Crippen MR) is 59.0 cm³/mol. The van der Waals surface area contributed by atoms with Gasteiger partial charge in [0.15, 0.2) is 0 Å². The van der Waals surface area contributed by atoms with Gasteiger partial charge in [0.2, 0.25) is 0 Å². The first-order chi connectivity index (χ1) is 6.77. The van der Waals surface area contributed by atoms with Gasteiger partial charge in [0.05, 0.1) is 0 Å². The number of aliphatic carboxylic acids is 1. The van der Waals surface area contributed by atoms with Crippen molar-refractivity contribution in [2.24, 2.45) is 0 Å². The Morgan fingerprint density at radius 3 is 1.71 bits per heavy atom. The van der Waals surface area contributed by atoms with Gasteiger partial charge in [-0.2, -0.15) is 0 Å². The maximum Gasteiger partial charge on any atom is 0.328 e. The van der Waals surface area contributed by atoms with E-state index in [1.807, 2.05) is 43.4 Å². The minimum absolute atomic E-state index is 0.938. The summed E-state index contributed by atoms with van der Waals surface area (Å²) in [7, 11) is 0. The third-order valence-electron chi connectivity index (χ3n) is 1.21. The van der Waals surface area contributed by atoms with Crippen LogP contribution in [0.2, 0.25) is 0 Å². The molecule has 0 unspecified atom stereocenters. The molecular formula is C12H14O2. The van der Waals surface area contributed by atoms with Gasteiger partial charge in [0.1, 0.15) is 0 Å². The quantitative estimate of drug-likeness (QED) is 0.534. The van der Waals surface area contributed by atoms with Gasteiger partial charge in [0, 0.05) is 6.08 Å². The highest BCUT2D eigenvalue weighted by atomic mass is 16.4. The number of carboxylic acid groups (broad SMARTS) is 1. The van der Waals surface area contributed by atoms with Gasteiger partial charge in [0.25, 0.3) is 0 Å². The van der Waals surface area contributed by atoms with Crippen LogP contribution in [0.1, 0.15) is 6.92 Å². The molecule has 0 aromatic rings. The highest BCUT2D eigenvalue weighted by Crippen LogP contribution is 1.83. The smallest absolute Gasteiger partial charge is 0.328 e. The second kappa shape index (κ2) is 9.26. The molecule has 0 radical (unpaired) electrons. The number of hydrogen-bond acceptors (Lipinski definition) is 1. The largest absolute Gasteiger partial charge is 0.478 e. The Labute approximate surface area is 84.3 Å². The number of hydrogen-bond donors (Lipinski definition) is 1. The van der Waals surface area contributed by atoms with Crippen LogP contribution in [0.4, 0.5) is 0 Å². The van der Waals surface area contributed by atoms with Crippen molar-refractivity contribution in [3.05, 3.63) is 60.8 Å². The minimum Gasteiger partial charge on any atom is -0.478 e. The summed E-state index contributed by atoms with van der Waals surface area (Å²) >= 11 is 0. The van der Waals surface area contributed by atoms with E-state index in [0.717, 1.165) is 6.08 Å². The molecule has 0 saturated carbocycles. The van der Waals surface area contributed by atoms with Gasteiger partial charge < -0.3 is 5.11 Å². The second-order valence-corrected chi connectivity index (χ2v) is 2.38. The van der Waals surface area contributed by atoms with Crippen LogP contribution in [-0.2, 0) is 4.79 Å². The van der Waals surface area contributed by atoms with Crippen molar-refractivity contribution in [3.8, 4) is 0 Å². The van der Waals surface area contributed by atoms with Gasteiger partial charge in [-0.1, -0.05) is 54.7 Å². The van der Waals surface area contributed by atoms with E-state index in [9.17, 15) is 4.79 Å². The Hall–Kier alpha value is -1.83. The summed E-state index contributed by atoms with van der Waals surface area (Å²) in [6.45, 7) is 1.95. The van der Waals surface area contributed by atoms with Gasteiger partial charge in [-0.3, -0.25) is 0 Å². The van der Waals surface area contributed by atoms with Crippen LogP contribution in [0.3, 0.4) is 0 Å². The molecule has 0 heterocycles. The highest BCUT2D eigenvalue weighted by Gasteiger charge is 1.78. The molecule has 0 aliphatic heterocycles. The fourth-order valence-electron chi connectivity index (χ4n) is 0.634. The molecule has 1 N–H and O–H groups in total. The summed E-state index contributed by atoms with van der Waals surface area (Å²) in [5.74, 6) is -0.938. The van der Waals surface area contributed by atoms with Crippen molar-refractivity contribution >= 4 is 5.97 Å². The molecule has 0 saturated heterocycles. The van der Waals surface area contributed by atoms with Crippen LogP contribution in [-0.4, -0.2) is 11.1 Å². The molecule has 0 aliphatic rings. The number of allylic oxidation sites excluding steroid dienone is 9. The third kappa shape index (κ3) is 10.2. The lowest BCUT2D eigenvalue weighted by molar-refractivity contribution is -0.131. The second-order valence-electron chi connectivity index (χ2n) is 2.38. The monoisotopic (exact) mass is 190 g/mol. The standard InChI is InChI=1S/C12H14O2/c1-2-3-4-5-6-7-8-9-10-11-12(13)14/h2-11H,1H3,(H,13,14). The van der Waals surface area contributed by atoms with E-state index < -0.39 is 5.97 Å². The van der Waals surface area contributed by atoms with Gasteiger partial charge >= 0.3 is 5.97 Å². The van der Waals surface area contributed by atoms with Crippen molar-refractivity contribution in [1.82, 2.24) is 0 Å². The molecule has 0 fully saturated rings. The van der Waals surface area contributed by atoms with Crippen LogP contribution in [0.15, 0.2) is 60.8 Å². The molecule has 0 amide bonds. The Morgan fingerprint density at radius 1 is 0.857 bits per heavy atom. The first kappa shape index (κ1) is 12.2. The van der Waals surface area contributed by atoms with Gasteiger partial charge in [-0.05, 0) is 6.92 Å². The van der Waals surface area contributed by atoms with Crippen LogP contribution in [0, 0.1) is 0 Å². The normalized spacial score (nSPS) is 13.2. The lowest BCUT2D eigenvalue weighted by Gasteiger charge is -1.75. The molecule has 0 bridgehead atoms. The van der Waals surface area contributed by atoms with E-state index in [2.05, 4.69) is 0 Å². The Morgan fingerprint density at radius 2 is 1.29 bits per heavy atom. The van der Waals surface area contributed by atoms with Crippen molar-refractivity contribution < 1.29 is 9.90 Å². The average Bonchev–Trinajstić information content (AvgIpc) is 2.15. The molecule has 0 rings (SSSR count). The summed E-state index contributed by atoms with van der Waals surface area (Å²) in [6, 6.07) is 0. The molecule has 2 heteroatoms. The Balaban J connectivity index is 3.76. The van der Waals surface area contributed by atoms with E-state index in [0.29, 0.717) is 0 Å². The topological polar surface area (TPSA) is 37.3 Å². The summed E-state index contributed by atoms with van der Waals surface area (Å²) in [4.78, 5) is 10.0. The van der Waals surface area contributed by atoms with E-state index in [-0.39, 0.29) is 0 Å². The molecular weight excluding hydrogens is 176 g/mol. The summed E-state index contributed by atoms with van der Waals surface area (Å²) in [5, 5.41) is 8.26. The number of rotatable bonds is 5. The van der Waals surface area contributed by atoms with Crippen LogP contribution >= 0.6 is 0 Å². The molecule has 0 aliphatic carbocycles. The van der Waals surface area contributed by atoms with Crippen LogP contribution < -0.4 is 0 Å². The van der Waals surface area contributed by atoms with Crippen molar-refractivity contribution in [2.45, 2.75) is 6.92 Å².